The predicted octanol–water partition coefficient (Wildman–Crippen LogP) is 1.99. The molecule has 0 saturated heterocycles. The molecule has 12 heavy (non-hydrogen) atoms. The molecule has 0 N–H and O–H groups in total. The van der Waals surface area contributed by atoms with Gasteiger partial charge in [0.2, 0.25) is 0 Å². The van der Waals surface area contributed by atoms with E-state index in [9.17, 15) is 4.79 Å². The number of carbonyl (C=O) groups excluding carboxylic acids is 1. The molecule has 64 valence electrons. The van der Waals surface area contributed by atoms with Gasteiger partial charge in [-0.05, 0) is 12.0 Å². The number of hydrogen-bond donors (Lipinski definition) is 0. The molecule has 0 aromatic heterocycles. The molecule has 2 nitrogen and oxygen atoms in total. The summed E-state index contributed by atoms with van der Waals surface area (Å²) in [6.07, 6.45) is 9.26. The highest BCUT2D eigenvalue weighted by Crippen LogP contribution is 2.12. The molecule has 0 aromatic carbocycles. The van der Waals surface area contributed by atoms with Gasteiger partial charge in [-0.25, -0.2) is 4.79 Å². The smallest absolute Gasteiger partial charge is 0.330 e. The Morgan fingerprint density at radius 1 is 1.75 bits per heavy atom. The van der Waals surface area contributed by atoms with Gasteiger partial charge in [0.1, 0.15) is 0 Å². The van der Waals surface area contributed by atoms with E-state index in [0.717, 1.165) is 12.8 Å². The van der Waals surface area contributed by atoms with Crippen molar-refractivity contribution in [3.05, 3.63) is 36.5 Å². The second-order valence-corrected chi connectivity index (χ2v) is 2.54. The molecule has 0 aromatic rings. The van der Waals surface area contributed by atoms with Crippen molar-refractivity contribution >= 4 is 5.97 Å². The number of carbonyl (C=O) groups is 1. The molecule has 1 aliphatic rings. The average molecular weight is 164 g/mol. The van der Waals surface area contributed by atoms with E-state index in [4.69, 9.17) is 4.74 Å². The Morgan fingerprint density at radius 2 is 2.58 bits per heavy atom. The van der Waals surface area contributed by atoms with Crippen LogP contribution >= 0.6 is 0 Å². The van der Waals surface area contributed by atoms with Gasteiger partial charge in [-0.15, -0.1) is 0 Å². The summed E-state index contributed by atoms with van der Waals surface area (Å²) in [5.41, 5.74) is 1.24. The van der Waals surface area contributed by atoms with Crippen LogP contribution in [0.3, 0.4) is 0 Å². The van der Waals surface area contributed by atoms with Crippen LogP contribution in [0.25, 0.3) is 0 Å². The standard InChI is InChI=1S/C10H12O2/c1-2-10(11)12-8-7-9-5-3-4-6-9/h2-3,5-6H,1,4,7-8H2. The van der Waals surface area contributed by atoms with Crippen molar-refractivity contribution in [3.63, 3.8) is 0 Å². The van der Waals surface area contributed by atoms with E-state index in [0.29, 0.717) is 6.61 Å². The van der Waals surface area contributed by atoms with Gasteiger partial charge in [0.15, 0.2) is 0 Å². The second kappa shape index (κ2) is 4.54. The minimum absolute atomic E-state index is 0.349. The van der Waals surface area contributed by atoms with Gasteiger partial charge in [0.25, 0.3) is 0 Å². The molecule has 1 aliphatic carbocycles. The van der Waals surface area contributed by atoms with Crippen molar-refractivity contribution in [2.45, 2.75) is 12.8 Å². The number of esters is 1. The summed E-state index contributed by atoms with van der Waals surface area (Å²) in [6, 6.07) is 0. The Hall–Kier alpha value is -1.31. The summed E-state index contributed by atoms with van der Waals surface area (Å²) in [7, 11) is 0. The fourth-order valence-electron chi connectivity index (χ4n) is 1.02. The maximum atomic E-state index is 10.6. The van der Waals surface area contributed by atoms with Crippen molar-refractivity contribution in [2.75, 3.05) is 6.61 Å². The number of rotatable bonds is 4. The molecule has 1 rings (SSSR count). The lowest BCUT2D eigenvalue weighted by Gasteiger charge is -2.00. The monoisotopic (exact) mass is 164 g/mol. The van der Waals surface area contributed by atoms with E-state index in [1.54, 1.807) is 0 Å². The van der Waals surface area contributed by atoms with Gasteiger partial charge in [0, 0.05) is 12.5 Å². The maximum Gasteiger partial charge on any atom is 0.330 e. The first-order chi connectivity index (χ1) is 5.83. The normalized spacial score (nSPS) is 14.2. The molecule has 0 radical (unpaired) electrons. The van der Waals surface area contributed by atoms with Crippen LogP contribution in [0.4, 0.5) is 0 Å². The Morgan fingerprint density at radius 3 is 3.17 bits per heavy atom. The summed E-state index contributed by atoms with van der Waals surface area (Å²) in [6.45, 7) is 3.75. The Kier molecular flexibility index (Phi) is 3.33. The number of allylic oxidation sites excluding steroid dienone is 3. The first kappa shape index (κ1) is 8.78. The minimum Gasteiger partial charge on any atom is -0.462 e. The van der Waals surface area contributed by atoms with Gasteiger partial charge < -0.3 is 4.74 Å². The largest absolute Gasteiger partial charge is 0.462 e. The summed E-state index contributed by atoms with van der Waals surface area (Å²) in [4.78, 5) is 10.6. The highest BCUT2D eigenvalue weighted by atomic mass is 16.5. The molecular weight excluding hydrogens is 152 g/mol. The maximum absolute atomic E-state index is 10.6. The second-order valence-electron chi connectivity index (χ2n) is 2.54. The van der Waals surface area contributed by atoms with Gasteiger partial charge in [-0.1, -0.05) is 24.8 Å². The topological polar surface area (TPSA) is 26.3 Å². The zero-order chi connectivity index (χ0) is 8.81. The summed E-state index contributed by atoms with van der Waals surface area (Å²) in [5.74, 6) is -0.349. The predicted molar refractivity (Wildman–Crippen MR) is 47.6 cm³/mol. The molecule has 0 heterocycles. The van der Waals surface area contributed by atoms with Crippen LogP contribution in [0, 0.1) is 0 Å². The Bertz CT molecular complexity index is 236. The third kappa shape index (κ3) is 2.74. The van der Waals surface area contributed by atoms with Crippen molar-refractivity contribution in [2.24, 2.45) is 0 Å². The summed E-state index contributed by atoms with van der Waals surface area (Å²) >= 11 is 0. The fraction of sp³-hybridized carbons (Fsp3) is 0.300. The molecule has 0 saturated carbocycles. The quantitative estimate of drug-likeness (QED) is 0.469. The lowest BCUT2D eigenvalue weighted by molar-refractivity contribution is -0.137. The van der Waals surface area contributed by atoms with E-state index in [1.807, 2.05) is 0 Å². The molecule has 0 unspecified atom stereocenters. The third-order valence-corrected chi connectivity index (χ3v) is 1.65. The zero-order valence-corrected chi connectivity index (χ0v) is 6.95. The molecule has 0 aliphatic heterocycles. The number of ether oxygens (including phenoxy) is 1. The van der Waals surface area contributed by atoms with E-state index >= 15 is 0 Å². The van der Waals surface area contributed by atoms with Crippen molar-refractivity contribution in [1.82, 2.24) is 0 Å². The van der Waals surface area contributed by atoms with E-state index in [1.165, 1.54) is 11.6 Å². The highest BCUT2D eigenvalue weighted by Gasteiger charge is 1.99. The van der Waals surface area contributed by atoms with Crippen LogP contribution in [-0.4, -0.2) is 12.6 Å². The molecular formula is C10H12O2. The van der Waals surface area contributed by atoms with E-state index < -0.39 is 0 Å². The minimum atomic E-state index is -0.349. The fourth-order valence-corrected chi connectivity index (χ4v) is 1.02. The molecule has 0 amide bonds. The van der Waals surface area contributed by atoms with Crippen LogP contribution < -0.4 is 0 Å². The molecule has 0 bridgehead atoms. The number of hydrogen-bond acceptors (Lipinski definition) is 2. The van der Waals surface area contributed by atoms with Crippen molar-refractivity contribution in [1.29, 1.82) is 0 Å². The van der Waals surface area contributed by atoms with Crippen LogP contribution in [-0.2, 0) is 9.53 Å². The van der Waals surface area contributed by atoms with Gasteiger partial charge in [-0.3, -0.25) is 0 Å². The van der Waals surface area contributed by atoms with Crippen LogP contribution in [0.1, 0.15) is 12.8 Å². The summed E-state index contributed by atoms with van der Waals surface area (Å²) < 4.78 is 4.82. The summed E-state index contributed by atoms with van der Waals surface area (Å²) in [5, 5.41) is 0. The highest BCUT2D eigenvalue weighted by molar-refractivity contribution is 5.81. The lowest BCUT2D eigenvalue weighted by atomic mass is 10.2. The van der Waals surface area contributed by atoms with Gasteiger partial charge >= 0.3 is 5.97 Å². The molecule has 0 spiro atoms. The van der Waals surface area contributed by atoms with Crippen LogP contribution in [0.2, 0.25) is 0 Å². The SMILES string of the molecule is C=CC(=O)OCCC1=CCC=C1. The van der Waals surface area contributed by atoms with Crippen LogP contribution in [0.15, 0.2) is 36.5 Å². The zero-order valence-electron chi connectivity index (χ0n) is 6.95. The van der Waals surface area contributed by atoms with Crippen molar-refractivity contribution < 1.29 is 9.53 Å². The first-order valence-corrected chi connectivity index (χ1v) is 3.97. The molecule has 0 fully saturated rings. The molecule has 0 atom stereocenters. The third-order valence-electron chi connectivity index (χ3n) is 1.65. The average Bonchev–Trinajstić information content (AvgIpc) is 2.57. The van der Waals surface area contributed by atoms with Crippen molar-refractivity contribution in [3.8, 4) is 0 Å². The Balaban J connectivity index is 2.14. The lowest BCUT2D eigenvalue weighted by Crippen LogP contribution is -2.01. The van der Waals surface area contributed by atoms with E-state index in [2.05, 4.69) is 24.8 Å². The van der Waals surface area contributed by atoms with E-state index in [-0.39, 0.29) is 5.97 Å². The Labute approximate surface area is 72.2 Å². The molecule has 2 heteroatoms. The van der Waals surface area contributed by atoms with Gasteiger partial charge in [-0.2, -0.15) is 0 Å². The van der Waals surface area contributed by atoms with Crippen LogP contribution in [0.5, 0.6) is 0 Å². The van der Waals surface area contributed by atoms with Gasteiger partial charge in [0.05, 0.1) is 6.61 Å². The first-order valence-electron chi connectivity index (χ1n) is 3.97.